The second kappa shape index (κ2) is 6.39. The molecule has 0 spiro atoms. The number of benzene rings is 2. The molecule has 1 N–H and O–H groups in total. The minimum Gasteiger partial charge on any atom is -0.505 e. The van der Waals surface area contributed by atoms with Crippen molar-refractivity contribution in [2.75, 3.05) is 0 Å². The first-order chi connectivity index (χ1) is 11.8. The zero-order valence-electron chi connectivity index (χ0n) is 14.4. The normalized spacial score (nSPS) is 10.8. The minimum atomic E-state index is -0.499. The number of nitrogens with zero attached hydrogens (tertiary/aromatic N) is 3. The van der Waals surface area contributed by atoms with E-state index in [0.717, 1.165) is 22.2 Å². The van der Waals surface area contributed by atoms with E-state index < -0.39 is 5.97 Å². The van der Waals surface area contributed by atoms with Gasteiger partial charge in [0.1, 0.15) is 29.1 Å². The molecule has 0 aliphatic heterocycles. The van der Waals surface area contributed by atoms with Crippen LogP contribution < -0.4 is 0 Å². The molecule has 6 heteroatoms. The van der Waals surface area contributed by atoms with Crippen LogP contribution in [0.5, 0.6) is 5.75 Å². The molecule has 0 fully saturated rings. The zero-order valence-corrected chi connectivity index (χ0v) is 14.4. The number of carbonyl (C=O) groups is 1. The molecule has 6 nitrogen and oxygen atoms in total. The molecule has 0 aliphatic carbocycles. The topological polar surface area (TPSA) is 77.2 Å². The van der Waals surface area contributed by atoms with E-state index in [9.17, 15) is 9.90 Å². The third-order valence-corrected chi connectivity index (χ3v) is 3.77. The predicted octanol–water partition coefficient (Wildman–Crippen LogP) is 3.36. The van der Waals surface area contributed by atoms with E-state index in [-0.39, 0.29) is 12.4 Å². The van der Waals surface area contributed by atoms with E-state index in [1.165, 1.54) is 4.80 Å². The van der Waals surface area contributed by atoms with Crippen molar-refractivity contribution in [2.24, 2.45) is 0 Å². The third-order valence-electron chi connectivity index (χ3n) is 3.77. The fourth-order valence-corrected chi connectivity index (χ4v) is 2.49. The van der Waals surface area contributed by atoms with Crippen molar-refractivity contribution in [1.82, 2.24) is 15.0 Å². The molecule has 0 aliphatic rings. The predicted molar refractivity (Wildman–Crippen MR) is 94.6 cm³/mol. The van der Waals surface area contributed by atoms with Crippen molar-refractivity contribution < 1.29 is 14.6 Å². The monoisotopic (exact) mass is 337 g/mol. The van der Waals surface area contributed by atoms with Gasteiger partial charge in [-0.2, -0.15) is 0 Å². The van der Waals surface area contributed by atoms with Gasteiger partial charge >= 0.3 is 5.97 Å². The number of fused-ring (bicyclic) bond motifs is 1. The highest BCUT2D eigenvalue weighted by molar-refractivity contribution is 5.87. The van der Waals surface area contributed by atoms with E-state index in [4.69, 9.17) is 4.74 Å². The molecule has 0 bridgehead atoms. The lowest BCUT2D eigenvalue weighted by molar-refractivity contribution is -0.140. The van der Waals surface area contributed by atoms with Crippen LogP contribution in [0.2, 0.25) is 0 Å². The number of phenolic OH excluding ortho intramolecular Hbond substituents is 1. The van der Waals surface area contributed by atoms with E-state index in [0.29, 0.717) is 16.8 Å². The second-order valence-corrected chi connectivity index (χ2v) is 6.13. The number of aromatic hydroxyl groups is 1. The maximum atomic E-state index is 11.6. The number of rotatable bonds is 4. The Bertz CT molecular complexity index is 989. The maximum Gasteiger partial charge on any atom is 0.333 e. The summed E-state index contributed by atoms with van der Waals surface area (Å²) in [6.07, 6.45) is 0. The van der Waals surface area contributed by atoms with Gasteiger partial charge in [-0.1, -0.05) is 12.6 Å². The Morgan fingerprint density at radius 3 is 2.60 bits per heavy atom. The van der Waals surface area contributed by atoms with Crippen LogP contribution >= 0.6 is 0 Å². The highest BCUT2D eigenvalue weighted by atomic mass is 16.5. The largest absolute Gasteiger partial charge is 0.505 e. The molecule has 0 saturated heterocycles. The van der Waals surface area contributed by atoms with E-state index in [2.05, 4.69) is 16.8 Å². The number of aromatic nitrogens is 3. The van der Waals surface area contributed by atoms with Crippen LogP contribution in [0.15, 0.2) is 42.5 Å². The molecular formula is C19H19N3O3. The fourth-order valence-electron chi connectivity index (χ4n) is 2.49. The van der Waals surface area contributed by atoms with Crippen molar-refractivity contribution in [1.29, 1.82) is 0 Å². The van der Waals surface area contributed by atoms with Crippen LogP contribution in [0.4, 0.5) is 0 Å². The van der Waals surface area contributed by atoms with Gasteiger partial charge in [-0.05, 0) is 56.2 Å². The van der Waals surface area contributed by atoms with Gasteiger partial charge in [-0.3, -0.25) is 0 Å². The summed E-state index contributed by atoms with van der Waals surface area (Å²) in [4.78, 5) is 13.0. The minimum absolute atomic E-state index is 0.0165. The first-order valence-electron chi connectivity index (χ1n) is 7.84. The molecule has 0 radical (unpaired) electrons. The fraction of sp³-hybridized carbons (Fsp3) is 0.211. The molecule has 1 aromatic heterocycles. The van der Waals surface area contributed by atoms with Gasteiger partial charge in [0.25, 0.3) is 0 Å². The summed E-state index contributed by atoms with van der Waals surface area (Å²) in [7, 11) is 0. The Balaban J connectivity index is 2.00. The van der Waals surface area contributed by atoms with Crippen LogP contribution in [0.25, 0.3) is 16.7 Å². The summed E-state index contributed by atoms with van der Waals surface area (Å²) < 4.78 is 5.14. The number of ether oxygens (including phenoxy) is 1. The zero-order chi connectivity index (χ0) is 18.1. The summed E-state index contributed by atoms with van der Waals surface area (Å²) in [5.74, 6) is -0.516. The molecule has 0 saturated carbocycles. The molecule has 0 amide bonds. The van der Waals surface area contributed by atoms with Crippen molar-refractivity contribution in [3.05, 3.63) is 59.2 Å². The Labute approximate surface area is 145 Å². The molecule has 3 rings (SSSR count). The average molecular weight is 337 g/mol. The molecule has 0 unspecified atom stereocenters. The Morgan fingerprint density at radius 1 is 1.16 bits per heavy atom. The lowest BCUT2D eigenvalue weighted by Gasteiger charge is -2.11. The molecule has 2 aromatic carbocycles. The number of esters is 1. The maximum absolute atomic E-state index is 11.6. The van der Waals surface area contributed by atoms with Gasteiger partial charge in [-0.15, -0.1) is 15.0 Å². The Kier molecular flexibility index (Phi) is 4.27. The van der Waals surface area contributed by atoms with Crippen LogP contribution in [-0.4, -0.2) is 26.1 Å². The molecule has 3 aromatic rings. The molecular weight excluding hydrogens is 318 g/mol. The SMILES string of the molecule is C=C(C)C(=O)OCc1cc(C)cc(-n2nc3ccc(C)cc3n2)c1O. The standard InChI is InChI=1S/C19H19N3O3/c1-11(2)19(24)25-10-14-7-13(4)9-17(18(14)23)22-20-15-6-5-12(3)8-16(15)21-22/h5-9,23H,1,10H2,2-4H3. The van der Waals surface area contributed by atoms with Gasteiger partial charge in [0.05, 0.1) is 0 Å². The number of phenols is 1. The molecule has 0 atom stereocenters. The second-order valence-electron chi connectivity index (χ2n) is 6.13. The number of hydrogen-bond donors (Lipinski definition) is 1. The van der Waals surface area contributed by atoms with Crippen LogP contribution in [0.1, 0.15) is 23.6 Å². The third kappa shape index (κ3) is 3.38. The first kappa shape index (κ1) is 16.7. The van der Waals surface area contributed by atoms with Crippen molar-refractivity contribution in [3.63, 3.8) is 0 Å². The van der Waals surface area contributed by atoms with E-state index >= 15 is 0 Å². The number of aryl methyl sites for hydroxylation is 2. The van der Waals surface area contributed by atoms with Gasteiger partial charge in [0.15, 0.2) is 0 Å². The van der Waals surface area contributed by atoms with E-state index in [1.807, 2.05) is 32.0 Å². The lowest BCUT2D eigenvalue weighted by Crippen LogP contribution is -2.07. The van der Waals surface area contributed by atoms with Crippen molar-refractivity contribution >= 4 is 17.0 Å². The van der Waals surface area contributed by atoms with Gasteiger partial charge in [0, 0.05) is 11.1 Å². The quantitative estimate of drug-likeness (QED) is 0.583. The first-order valence-corrected chi connectivity index (χ1v) is 7.84. The summed E-state index contributed by atoms with van der Waals surface area (Å²) in [5, 5.41) is 19.4. The highest BCUT2D eigenvalue weighted by Crippen LogP contribution is 2.28. The molecule has 128 valence electrons. The van der Waals surface area contributed by atoms with Crippen molar-refractivity contribution in [2.45, 2.75) is 27.4 Å². The Hall–Kier alpha value is -3.15. The smallest absolute Gasteiger partial charge is 0.333 e. The van der Waals surface area contributed by atoms with Gasteiger partial charge in [0.2, 0.25) is 0 Å². The summed E-state index contributed by atoms with van der Waals surface area (Å²) >= 11 is 0. The van der Waals surface area contributed by atoms with Crippen LogP contribution in [-0.2, 0) is 16.1 Å². The van der Waals surface area contributed by atoms with Crippen LogP contribution in [0.3, 0.4) is 0 Å². The molecule has 25 heavy (non-hydrogen) atoms. The lowest BCUT2D eigenvalue weighted by atomic mass is 10.1. The Morgan fingerprint density at radius 2 is 1.88 bits per heavy atom. The summed E-state index contributed by atoms with van der Waals surface area (Å²) in [6, 6.07) is 9.32. The van der Waals surface area contributed by atoms with E-state index in [1.54, 1.807) is 19.1 Å². The van der Waals surface area contributed by atoms with Gasteiger partial charge in [-0.25, -0.2) is 4.79 Å². The summed E-state index contributed by atoms with van der Waals surface area (Å²) in [6.45, 7) is 8.94. The number of carbonyl (C=O) groups excluding carboxylic acids is 1. The number of hydrogen-bond acceptors (Lipinski definition) is 5. The highest BCUT2D eigenvalue weighted by Gasteiger charge is 2.15. The van der Waals surface area contributed by atoms with Gasteiger partial charge < -0.3 is 9.84 Å². The van der Waals surface area contributed by atoms with Crippen LogP contribution in [0, 0.1) is 13.8 Å². The molecule has 1 heterocycles. The average Bonchev–Trinajstić information content (AvgIpc) is 2.97. The van der Waals surface area contributed by atoms with Crippen molar-refractivity contribution in [3.8, 4) is 11.4 Å². The summed E-state index contributed by atoms with van der Waals surface area (Å²) in [5.41, 5.74) is 4.70.